The summed E-state index contributed by atoms with van der Waals surface area (Å²) in [5.41, 5.74) is 2.92. The van der Waals surface area contributed by atoms with E-state index in [0.29, 0.717) is 36.6 Å². The number of amides is 2. The minimum atomic E-state index is -0.0984. The summed E-state index contributed by atoms with van der Waals surface area (Å²) in [5, 5.41) is 2.02. The van der Waals surface area contributed by atoms with E-state index in [1.807, 2.05) is 78.7 Å². The maximum absolute atomic E-state index is 13.8. The Morgan fingerprint density at radius 2 is 1.62 bits per heavy atom. The Hall–Kier alpha value is -3.32. The van der Waals surface area contributed by atoms with Crippen LogP contribution in [0, 0.1) is 0 Å². The summed E-state index contributed by atoms with van der Waals surface area (Å²) in [7, 11) is 3.24. The summed E-state index contributed by atoms with van der Waals surface area (Å²) in [6.07, 6.45) is 6.00. The summed E-state index contributed by atoms with van der Waals surface area (Å²) in [4.78, 5) is 32.1. The standard InChI is InChI=1S/C33H44N2O4S/c1-6-8-9-11-26-13-16-28(17-14-26)33(37)35(25(3)7-2)24-32(36)34(23-29-12-10-21-40-29)20-19-27-15-18-30(38-4)31(22-27)39-5/h10,12-18,21-22,25H,6-9,11,19-20,23-24H2,1-5H3. The summed E-state index contributed by atoms with van der Waals surface area (Å²) in [5.74, 6) is 1.19. The lowest BCUT2D eigenvalue weighted by molar-refractivity contribution is -0.132. The predicted octanol–water partition coefficient (Wildman–Crippen LogP) is 7.01. The summed E-state index contributed by atoms with van der Waals surface area (Å²) in [6, 6.07) is 17.7. The number of benzene rings is 2. The first-order valence-electron chi connectivity index (χ1n) is 14.3. The van der Waals surface area contributed by atoms with Gasteiger partial charge in [0.05, 0.1) is 20.8 Å². The third-order valence-electron chi connectivity index (χ3n) is 7.36. The average Bonchev–Trinajstić information content (AvgIpc) is 3.50. The van der Waals surface area contributed by atoms with Gasteiger partial charge in [0.25, 0.3) is 5.91 Å². The molecule has 40 heavy (non-hydrogen) atoms. The largest absolute Gasteiger partial charge is 0.493 e. The highest BCUT2D eigenvalue weighted by Gasteiger charge is 2.26. The molecule has 1 atom stereocenters. The van der Waals surface area contributed by atoms with Crippen LogP contribution in [0.15, 0.2) is 60.0 Å². The van der Waals surface area contributed by atoms with E-state index in [-0.39, 0.29) is 24.4 Å². The van der Waals surface area contributed by atoms with E-state index in [1.165, 1.54) is 18.4 Å². The molecule has 2 amide bonds. The number of ether oxygens (including phenoxy) is 2. The third-order valence-corrected chi connectivity index (χ3v) is 8.22. The summed E-state index contributed by atoms with van der Waals surface area (Å²) in [6.45, 7) is 7.35. The number of hydrogen-bond acceptors (Lipinski definition) is 5. The van der Waals surface area contributed by atoms with Crippen LogP contribution in [-0.4, -0.2) is 55.0 Å². The van der Waals surface area contributed by atoms with Crippen molar-refractivity contribution in [3.63, 3.8) is 0 Å². The fourth-order valence-corrected chi connectivity index (χ4v) is 5.36. The molecule has 6 nitrogen and oxygen atoms in total. The van der Waals surface area contributed by atoms with Crippen LogP contribution in [0.4, 0.5) is 0 Å². The molecule has 3 aromatic rings. The van der Waals surface area contributed by atoms with Gasteiger partial charge in [0.2, 0.25) is 5.91 Å². The summed E-state index contributed by atoms with van der Waals surface area (Å²) < 4.78 is 10.8. The Morgan fingerprint density at radius 3 is 2.25 bits per heavy atom. The molecule has 0 fully saturated rings. The third kappa shape index (κ3) is 8.85. The number of unbranched alkanes of at least 4 members (excludes halogenated alkanes) is 2. The number of aryl methyl sites for hydroxylation is 1. The maximum Gasteiger partial charge on any atom is 0.254 e. The van der Waals surface area contributed by atoms with Crippen molar-refractivity contribution in [1.29, 1.82) is 0 Å². The monoisotopic (exact) mass is 564 g/mol. The van der Waals surface area contributed by atoms with Gasteiger partial charge in [-0.25, -0.2) is 0 Å². The molecule has 1 heterocycles. The first kappa shape index (κ1) is 31.2. The van der Waals surface area contributed by atoms with Crippen molar-refractivity contribution in [2.75, 3.05) is 27.3 Å². The second kappa shape index (κ2) is 16.1. The Bertz CT molecular complexity index is 1190. The highest BCUT2D eigenvalue weighted by Crippen LogP contribution is 2.28. The molecule has 0 bridgehead atoms. The minimum Gasteiger partial charge on any atom is -0.493 e. The molecule has 7 heteroatoms. The molecule has 0 spiro atoms. The first-order valence-corrected chi connectivity index (χ1v) is 15.2. The van der Waals surface area contributed by atoms with E-state index in [2.05, 4.69) is 6.92 Å². The van der Waals surface area contributed by atoms with Crippen LogP contribution in [-0.2, 0) is 24.2 Å². The van der Waals surface area contributed by atoms with Gasteiger partial charge in [-0.3, -0.25) is 9.59 Å². The van der Waals surface area contributed by atoms with E-state index in [9.17, 15) is 9.59 Å². The van der Waals surface area contributed by atoms with Crippen molar-refractivity contribution < 1.29 is 19.1 Å². The van der Waals surface area contributed by atoms with E-state index >= 15 is 0 Å². The second-order valence-electron chi connectivity index (χ2n) is 10.2. The van der Waals surface area contributed by atoms with Gasteiger partial charge < -0.3 is 19.3 Å². The molecule has 0 saturated heterocycles. The van der Waals surface area contributed by atoms with Gasteiger partial charge in [-0.2, -0.15) is 0 Å². The fourth-order valence-electron chi connectivity index (χ4n) is 4.64. The maximum atomic E-state index is 13.8. The highest BCUT2D eigenvalue weighted by molar-refractivity contribution is 7.09. The van der Waals surface area contributed by atoms with Crippen molar-refractivity contribution >= 4 is 23.2 Å². The molecule has 0 saturated carbocycles. The number of thiophene rings is 1. The van der Waals surface area contributed by atoms with Gasteiger partial charge in [-0.1, -0.05) is 51.0 Å². The number of hydrogen-bond donors (Lipinski definition) is 0. The van der Waals surface area contributed by atoms with Gasteiger partial charge >= 0.3 is 0 Å². The molecule has 1 aromatic heterocycles. The number of carbonyl (C=O) groups excluding carboxylic acids is 2. The zero-order valence-corrected chi connectivity index (χ0v) is 25.5. The van der Waals surface area contributed by atoms with Crippen LogP contribution in [0.1, 0.15) is 72.8 Å². The average molecular weight is 565 g/mol. The van der Waals surface area contributed by atoms with E-state index in [1.54, 1.807) is 30.5 Å². The quantitative estimate of drug-likeness (QED) is 0.176. The smallest absolute Gasteiger partial charge is 0.254 e. The lowest BCUT2D eigenvalue weighted by Gasteiger charge is -2.31. The Kier molecular flexibility index (Phi) is 12.5. The molecule has 2 aromatic carbocycles. The predicted molar refractivity (Wildman–Crippen MR) is 163 cm³/mol. The molecule has 1 unspecified atom stereocenters. The van der Waals surface area contributed by atoms with Crippen LogP contribution in [0.25, 0.3) is 0 Å². The lowest BCUT2D eigenvalue weighted by atomic mass is 10.0. The van der Waals surface area contributed by atoms with Gasteiger partial charge in [-0.15, -0.1) is 11.3 Å². The minimum absolute atomic E-state index is 0.0450. The zero-order chi connectivity index (χ0) is 28.9. The van der Waals surface area contributed by atoms with Gasteiger partial charge in [0.15, 0.2) is 11.5 Å². The second-order valence-corrected chi connectivity index (χ2v) is 11.2. The van der Waals surface area contributed by atoms with Crippen LogP contribution in [0.3, 0.4) is 0 Å². The van der Waals surface area contributed by atoms with E-state index < -0.39 is 0 Å². The van der Waals surface area contributed by atoms with Gasteiger partial charge in [0, 0.05) is 23.0 Å². The molecular weight excluding hydrogens is 520 g/mol. The molecule has 0 aliphatic carbocycles. The lowest BCUT2D eigenvalue weighted by Crippen LogP contribution is -2.46. The van der Waals surface area contributed by atoms with Crippen LogP contribution >= 0.6 is 11.3 Å². The number of methoxy groups -OCH3 is 2. The molecule has 0 aliphatic rings. The Balaban J connectivity index is 1.75. The fraction of sp³-hybridized carbons (Fsp3) is 0.455. The number of rotatable bonds is 16. The molecule has 0 N–H and O–H groups in total. The first-order chi connectivity index (χ1) is 19.4. The zero-order valence-electron chi connectivity index (χ0n) is 24.7. The molecule has 0 aliphatic heterocycles. The molecule has 216 valence electrons. The van der Waals surface area contributed by atoms with E-state index in [4.69, 9.17) is 9.47 Å². The highest BCUT2D eigenvalue weighted by atomic mass is 32.1. The topological polar surface area (TPSA) is 59.1 Å². The van der Waals surface area contributed by atoms with E-state index in [0.717, 1.165) is 29.7 Å². The normalized spacial score (nSPS) is 11.6. The molecular formula is C33H44N2O4S. The van der Waals surface area contributed by atoms with Crippen molar-refractivity contribution in [3.8, 4) is 11.5 Å². The van der Waals surface area contributed by atoms with Crippen LogP contribution < -0.4 is 9.47 Å². The molecule has 0 radical (unpaired) electrons. The van der Waals surface area contributed by atoms with Crippen molar-refractivity contribution in [2.45, 2.75) is 71.9 Å². The van der Waals surface area contributed by atoms with Gasteiger partial charge in [-0.05, 0) is 79.4 Å². The Labute approximate surface area is 243 Å². The summed E-state index contributed by atoms with van der Waals surface area (Å²) >= 11 is 1.63. The number of carbonyl (C=O) groups is 2. The van der Waals surface area contributed by atoms with Crippen molar-refractivity contribution in [3.05, 3.63) is 81.5 Å². The SMILES string of the molecule is CCCCCc1ccc(C(=O)N(CC(=O)N(CCc2ccc(OC)c(OC)c2)Cc2cccs2)C(C)CC)cc1. The molecule has 3 rings (SSSR count). The van der Waals surface area contributed by atoms with Crippen LogP contribution in [0.2, 0.25) is 0 Å². The van der Waals surface area contributed by atoms with Crippen molar-refractivity contribution in [1.82, 2.24) is 9.80 Å². The van der Waals surface area contributed by atoms with Crippen molar-refractivity contribution in [2.24, 2.45) is 0 Å². The van der Waals surface area contributed by atoms with Gasteiger partial charge in [0.1, 0.15) is 6.54 Å². The number of nitrogens with zero attached hydrogens (tertiary/aromatic N) is 2. The van der Waals surface area contributed by atoms with Crippen LogP contribution in [0.5, 0.6) is 11.5 Å². The Morgan fingerprint density at radius 1 is 0.900 bits per heavy atom.